The number of hydrogen-bond donors (Lipinski definition) is 0. The van der Waals surface area contributed by atoms with Crippen LogP contribution in [0.1, 0.15) is 10.6 Å². The molecule has 0 aromatic carbocycles. The molecule has 0 saturated heterocycles. The Bertz CT molecular complexity index is 264. The monoisotopic (exact) mass is 138 g/mol. The van der Waals surface area contributed by atoms with Gasteiger partial charge in [0.2, 0.25) is 0 Å². The molecule has 0 atom stereocenters. The van der Waals surface area contributed by atoms with Crippen LogP contribution in [0.15, 0.2) is 12.4 Å². The second kappa shape index (κ2) is 2.43. The van der Waals surface area contributed by atoms with Gasteiger partial charge in [0.25, 0.3) is 5.78 Å². The number of carbonyl (C=O) groups is 2. The largest absolute Gasteiger partial charge is 0.331 e. The molecule has 4 nitrogen and oxygen atoms in total. The Labute approximate surface area is 57.5 Å². The third-order valence-corrected chi connectivity index (χ3v) is 1.15. The second-order valence-electron chi connectivity index (χ2n) is 1.84. The fourth-order valence-corrected chi connectivity index (χ4v) is 0.656. The summed E-state index contributed by atoms with van der Waals surface area (Å²) < 4.78 is 1.50. The number of imidazole rings is 1. The normalized spacial score (nSPS) is 9.30. The van der Waals surface area contributed by atoms with E-state index in [0.717, 1.165) is 0 Å². The zero-order valence-corrected chi connectivity index (χ0v) is 5.44. The highest BCUT2D eigenvalue weighted by Crippen LogP contribution is 1.92. The van der Waals surface area contributed by atoms with E-state index in [1.54, 1.807) is 13.2 Å². The van der Waals surface area contributed by atoms with Crippen LogP contribution in [0.25, 0.3) is 0 Å². The van der Waals surface area contributed by atoms with Gasteiger partial charge in [-0.15, -0.1) is 0 Å². The van der Waals surface area contributed by atoms with Gasteiger partial charge in [-0.2, -0.15) is 0 Å². The number of nitrogens with zero attached hydrogens (tertiary/aromatic N) is 2. The van der Waals surface area contributed by atoms with Gasteiger partial charge in [0.1, 0.15) is 0 Å². The predicted molar refractivity (Wildman–Crippen MR) is 33.6 cm³/mol. The number of rotatable bonds is 2. The summed E-state index contributed by atoms with van der Waals surface area (Å²) in [5.41, 5.74) is 0. The van der Waals surface area contributed by atoms with Gasteiger partial charge in [0.15, 0.2) is 12.1 Å². The molecule has 0 aliphatic carbocycles. The quantitative estimate of drug-likeness (QED) is 0.323. The van der Waals surface area contributed by atoms with Gasteiger partial charge in [-0.1, -0.05) is 0 Å². The van der Waals surface area contributed by atoms with Crippen molar-refractivity contribution in [1.29, 1.82) is 0 Å². The first-order valence-electron chi connectivity index (χ1n) is 2.72. The molecule has 4 heteroatoms. The lowest BCUT2D eigenvalue weighted by atomic mass is 10.4. The molecular formula is C6H6N2O2. The molecule has 0 N–H and O–H groups in total. The van der Waals surface area contributed by atoms with Gasteiger partial charge in [0, 0.05) is 19.4 Å². The smallest absolute Gasteiger partial charge is 0.260 e. The van der Waals surface area contributed by atoms with Crippen LogP contribution >= 0.6 is 0 Å². The summed E-state index contributed by atoms with van der Waals surface area (Å²) in [6.07, 6.45) is 3.33. The first kappa shape index (κ1) is 6.67. The van der Waals surface area contributed by atoms with Crippen molar-refractivity contribution in [2.45, 2.75) is 0 Å². The first-order chi connectivity index (χ1) is 4.75. The van der Waals surface area contributed by atoms with E-state index < -0.39 is 5.78 Å². The van der Waals surface area contributed by atoms with Crippen molar-refractivity contribution in [3.05, 3.63) is 18.2 Å². The second-order valence-corrected chi connectivity index (χ2v) is 1.84. The van der Waals surface area contributed by atoms with Crippen LogP contribution < -0.4 is 0 Å². The molecule has 0 unspecified atom stereocenters. The van der Waals surface area contributed by atoms with Crippen LogP contribution in [0.3, 0.4) is 0 Å². The Morgan fingerprint density at radius 3 is 2.90 bits per heavy atom. The molecule has 10 heavy (non-hydrogen) atoms. The summed E-state index contributed by atoms with van der Waals surface area (Å²) in [6.45, 7) is 0. The lowest BCUT2D eigenvalue weighted by Gasteiger charge is -1.91. The van der Waals surface area contributed by atoms with E-state index in [9.17, 15) is 9.59 Å². The number of hydrogen-bond acceptors (Lipinski definition) is 3. The Balaban J connectivity index is 3.04. The fraction of sp³-hybridized carbons (Fsp3) is 0.167. The van der Waals surface area contributed by atoms with Crippen LogP contribution in [0.2, 0.25) is 0 Å². The summed E-state index contributed by atoms with van der Waals surface area (Å²) >= 11 is 0. The first-order valence-corrected chi connectivity index (χ1v) is 2.72. The van der Waals surface area contributed by atoms with E-state index in [4.69, 9.17) is 0 Å². The lowest BCUT2D eigenvalue weighted by molar-refractivity contribution is -0.104. The van der Waals surface area contributed by atoms with E-state index in [0.29, 0.717) is 0 Å². The van der Waals surface area contributed by atoms with Crippen LogP contribution in [-0.2, 0) is 11.8 Å². The van der Waals surface area contributed by atoms with Crippen molar-refractivity contribution in [2.24, 2.45) is 7.05 Å². The summed E-state index contributed by atoms with van der Waals surface area (Å²) in [5.74, 6) is -0.414. The van der Waals surface area contributed by atoms with Gasteiger partial charge in [-0.3, -0.25) is 9.59 Å². The van der Waals surface area contributed by atoms with Crippen LogP contribution in [0.5, 0.6) is 0 Å². The van der Waals surface area contributed by atoms with Crippen molar-refractivity contribution in [3.63, 3.8) is 0 Å². The molecule has 1 heterocycles. The molecule has 0 aliphatic rings. The maximum atomic E-state index is 10.6. The Morgan fingerprint density at radius 1 is 1.80 bits per heavy atom. The minimum absolute atomic E-state index is 0.176. The fourth-order valence-electron chi connectivity index (χ4n) is 0.656. The molecule has 1 rings (SSSR count). The molecule has 0 spiro atoms. The summed E-state index contributed by atoms with van der Waals surface area (Å²) in [7, 11) is 1.66. The molecule has 0 radical (unpaired) electrons. The van der Waals surface area contributed by atoms with Crippen molar-refractivity contribution in [2.75, 3.05) is 0 Å². The predicted octanol–water partition coefficient (Wildman–Crippen LogP) is -0.198. The van der Waals surface area contributed by atoms with E-state index in [1.165, 1.54) is 10.8 Å². The zero-order chi connectivity index (χ0) is 7.56. The number of Topliss-reactive ketones (excluding diaryl/α,β-unsaturated/α-hetero) is 1. The highest BCUT2D eigenvalue weighted by atomic mass is 16.2. The van der Waals surface area contributed by atoms with E-state index in [1.807, 2.05) is 0 Å². The molecule has 0 aliphatic heterocycles. The van der Waals surface area contributed by atoms with E-state index >= 15 is 0 Å². The van der Waals surface area contributed by atoms with Gasteiger partial charge in [-0.25, -0.2) is 4.98 Å². The number of carbonyl (C=O) groups excluding carboxylic acids is 2. The Morgan fingerprint density at radius 2 is 2.50 bits per heavy atom. The average molecular weight is 138 g/mol. The highest BCUT2D eigenvalue weighted by molar-refractivity contribution is 6.31. The highest BCUT2D eigenvalue weighted by Gasteiger charge is 2.07. The number of aromatic nitrogens is 2. The van der Waals surface area contributed by atoms with Gasteiger partial charge < -0.3 is 4.57 Å². The van der Waals surface area contributed by atoms with Gasteiger partial charge in [0.05, 0.1) is 0 Å². The summed E-state index contributed by atoms with van der Waals surface area (Å²) in [4.78, 5) is 24.3. The third-order valence-electron chi connectivity index (χ3n) is 1.15. The standard InChI is InChI=1S/C6H6N2O2/c1-8-3-2-7-6(8)5(10)4-9/h2-4H,1H3. The molecular weight excluding hydrogens is 132 g/mol. The summed E-state index contributed by atoms with van der Waals surface area (Å²) in [6, 6.07) is 0. The molecule has 1 aromatic rings. The molecule has 0 fully saturated rings. The van der Waals surface area contributed by atoms with E-state index in [-0.39, 0.29) is 12.1 Å². The lowest BCUT2D eigenvalue weighted by Crippen LogP contribution is -2.07. The van der Waals surface area contributed by atoms with Crippen molar-refractivity contribution in [3.8, 4) is 0 Å². The third kappa shape index (κ3) is 0.953. The average Bonchev–Trinajstić information content (AvgIpc) is 2.34. The van der Waals surface area contributed by atoms with Crippen LogP contribution in [0, 0.1) is 0 Å². The molecule has 0 saturated carbocycles. The Hall–Kier alpha value is -1.45. The minimum atomic E-state index is -0.590. The summed E-state index contributed by atoms with van der Waals surface area (Å²) in [5, 5.41) is 0. The topological polar surface area (TPSA) is 52.0 Å². The van der Waals surface area contributed by atoms with Gasteiger partial charge in [-0.05, 0) is 0 Å². The maximum absolute atomic E-state index is 10.6. The molecule has 0 amide bonds. The van der Waals surface area contributed by atoms with Crippen LogP contribution in [0.4, 0.5) is 0 Å². The van der Waals surface area contributed by atoms with Crippen LogP contribution in [-0.4, -0.2) is 21.6 Å². The maximum Gasteiger partial charge on any atom is 0.260 e. The van der Waals surface area contributed by atoms with Crippen molar-refractivity contribution < 1.29 is 9.59 Å². The van der Waals surface area contributed by atoms with Gasteiger partial charge >= 0.3 is 0 Å². The minimum Gasteiger partial charge on any atom is -0.331 e. The Kier molecular flexibility index (Phi) is 1.62. The molecule has 0 bridgehead atoms. The molecule has 1 aromatic heterocycles. The van der Waals surface area contributed by atoms with Crippen molar-refractivity contribution >= 4 is 12.1 Å². The number of aryl methyl sites for hydroxylation is 1. The number of aldehydes is 1. The van der Waals surface area contributed by atoms with Crippen molar-refractivity contribution in [1.82, 2.24) is 9.55 Å². The SMILES string of the molecule is Cn1ccnc1C(=O)C=O. The zero-order valence-electron chi connectivity index (χ0n) is 5.44. The van der Waals surface area contributed by atoms with E-state index in [2.05, 4.69) is 4.98 Å². The molecule has 52 valence electrons. The number of ketones is 1.